The first-order valence-electron chi connectivity index (χ1n) is 11.2. The van der Waals surface area contributed by atoms with Crippen LogP contribution in [0.1, 0.15) is 25.1 Å². The molecule has 2 aromatic heterocycles. The minimum atomic E-state index is -0.333. The molecular weight excluding hydrogens is 464 g/mol. The van der Waals surface area contributed by atoms with Gasteiger partial charge in [0.25, 0.3) is 0 Å². The maximum Gasteiger partial charge on any atom is 0.248 e. The van der Waals surface area contributed by atoms with Gasteiger partial charge in [-0.15, -0.1) is 11.6 Å². The molecule has 4 aromatic rings. The molecule has 178 valence electrons. The summed E-state index contributed by atoms with van der Waals surface area (Å²) in [5.41, 5.74) is 4.64. The molecule has 2 aromatic carbocycles. The van der Waals surface area contributed by atoms with Gasteiger partial charge >= 0.3 is 0 Å². The van der Waals surface area contributed by atoms with Crippen molar-refractivity contribution in [3.63, 3.8) is 0 Å². The Morgan fingerprint density at radius 2 is 2.11 bits per heavy atom. The second kappa shape index (κ2) is 10.5. The van der Waals surface area contributed by atoms with Crippen LogP contribution in [0, 0.1) is 11.3 Å². The SMILES string of the molecule is CCOc1cc2nc(CC)c(C#N)c(Nc3ccc4cnn(C)c4c3)c2cc1NC(=O)/C=C/CCl. The highest BCUT2D eigenvalue weighted by atomic mass is 35.5. The van der Waals surface area contributed by atoms with Gasteiger partial charge in [-0.1, -0.05) is 13.0 Å². The Balaban J connectivity index is 1.90. The van der Waals surface area contributed by atoms with E-state index in [2.05, 4.69) is 21.8 Å². The highest BCUT2D eigenvalue weighted by Crippen LogP contribution is 2.38. The van der Waals surface area contributed by atoms with Gasteiger partial charge in [0, 0.05) is 41.5 Å². The van der Waals surface area contributed by atoms with Crippen LogP contribution in [0.2, 0.25) is 0 Å². The second-order valence-electron chi connectivity index (χ2n) is 7.79. The fourth-order valence-corrected chi connectivity index (χ4v) is 4.00. The molecule has 9 heteroatoms. The Morgan fingerprint density at radius 1 is 1.29 bits per heavy atom. The largest absolute Gasteiger partial charge is 0.492 e. The Hall–Kier alpha value is -4.09. The van der Waals surface area contributed by atoms with Crippen LogP contribution in [0.5, 0.6) is 5.75 Å². The number of anilines is 3. The number of ether oxygens (including phenoxy) is 1. The van der Waals surface area contributed by atoms with Gasteiger partial charge in [-0.25, -0.2) is 0 Å². The Morgan fingerprint density at radius 3 is 2.83 bits per heavy atom. The number of benzene rings is 2. The maximum absolute atomic E-state index is 12.4. The average Bonchev–Trinajstić information content (AvgIpc) is 3.23. The molecule has 0 spiro atoms. The predicted molar refractivity (Wildman–Crippen MR) is 139 cm³/mol. The van der Waals surface area contributed by atoms with Crippen molar-refractivity contribution in [3.8, 4) is 11.8 Å². The number of nitriles is 1. The van der Waals surface area contributed by atoms with E-state index in [1.54, 1.807) is 29.1 Å². The molecule has 35 heavy (non-hydrogen) atoms. The number of hydrogen-bond donors (Lipinski definition) is 2. The van der Waals surface area contributed by atoms with Crippen LogP contribution in [0.15, 0.2) is 48.7 Å². The lowest BCUT2D eigenvalue weighted by Gasteiger charge is -2.18. The zero-order chi connectivity index (χ0) is 24.9. The molecule has 0 aliphatic carbocycles. The number of halogens is 1. The minimum Gasteiger partial charge on any atom is -0.492 e. The number of hydrogen-bond acceptors (Lipinski definition) is 6. The van der Waals surface area contributed by atoms with Gasteiger partial charge in [-0.05, 0) is 37.6 Å². The average molecular weight is 489 g/mol. The molecule has 0 unspecified atom stereocenters. The van der Waals surface area contributed by atoms with E-state index in [-0.39, 0.29) is 11.8 Å². The van der Waals surface area contributed by atoms with Gasteiger partial charge in [0.15, 0.2) is 0 Å². The van der Waals surface area contributed by atoms with E-state index in [1.165, 1.54) is 6.08 Å². The molecule has 0 atom stereocenters. The van der Waals surface area contributed by atoms with E-state index < -0.39 is 0 Å². The summed E-state index contributed by atoms with van der Waals surface area (Å²) < 4.78 is 7.59. The quantitative estimate of drug-likeness (QED) is 0.253. The summed E-state index contributed by atoms with van der Waals surface area (Å²) in [4.78, 5) is 17.1. The van der Waals surface area contributed by atoms with Crippen molar-refractivity contribution in [1.82, 2.24) is 14.8 Å². The lowest BCUT2D eigenvalue weighted by atomic mass is 10.0. The molecule has 4 rings (SSSR count). The van der Waals surface area contributed by atoms with Crippen LogP contribution in [-0.4, -0.2) is 33.2 Å². The fraction of sp³-hybridized carbons (Fsp3) is 0.231. The van der Waals surface area contributed by atoms with Gasteiger partial charge in [-0.3, -0.25) is 14.5 Å². The third kappa shape index (κ3) is 4.91. The summed E-state index contributed by atoms with van der Waals surface area (Å²) in [5, 5.41) is 22.3. The van der Waals surface area contributed by atoms with Gasteiger partial charge in [0.1, 0.15) is 11.8 Å². The highest BCUT2D eigenvalue weighted by Gasteiger charge is 2.18. The van der Waals surface area contributed by atoms with Crippen LogP contribution in [0.25, 0.3) is 21.8 Å². The van der Waals surface area contributed by atoms with E-state index in [9.17, 15) is 10.1 Å². The molecular formula is C26H25ClN6O2. The number of aromatic nitrogens is 3. The zero-order valence-corrected chi connectivity index (χ0v) is 20.5. The van der Waals surface area contributed by atoms with Gasteiger partial charge < -0.3 is 15.4 Å². The first-order valence-corrected chi connectivity index (χ1v) is 11.8. The molecule has 0 radical (unpaired) electrons. The number of nitrogens with one attached hydrogen (secondary N) is 2. The Kier molecular flexibility index (Phi) is 7.18. The number of fused-ring (bicyclic) bond motifs is 2. The van der Waals surface area contributed by atoms with E-state index >= 15 is 0 Å². The van der Waals surface area contributed by atoms with Crippen molar-refractivity contribution in [1.29, 1.82) is 5.26 Å². The van der Waals surface area contributed by atoms with Gasteiger partial charge in [0.2, 0.25) is 5.91 Å². The monoisotopic (exact) mass is 488 g/mol. The van der Waals surface area contributed by atoms with Crippen molar-refractivity contribution in [2.75, 3.05) is 23.1 Å². The van der Waals surface area contributed by atoms with Crippen molar-refractivity contribution in [3.05, 3.63) is 59.9 Å². The topological polar surface area (TPSA) is 105 Å². The normalized spacial score (nSPS) is 11.2. The van der Waals surface area contributed by atoms with Crippen molar-refractivity contribution in [2.24, 2.45) is 7.05 Å². The molecule has 2 N–H and O–H groups in total. The summed E-state index contributed by atoms with van der Waals surface area (Å²) >= 11 is 5.66. The van der Waals surface area contributed by atoms with Crippen LogP contribution in [-0.2, 0) is 18.3 Å². The molecule has 0 bridgehead atoms. The first kappa shape index (κ1) is 24.0. The summed E-state index contributed by atoms with van der Waals surface area (Å²) in [6.07, 6.45) is 5.32. The summed E-state index contributed by atoms with van der Waals surface area (Å²) in [7, 11) is 1.88. The smallest absolute Gasteiger partial charge is 0.248 e. The zero-order valence-electron chi connectivity index (χ0n) is 19.7. The summed E-state index contributed by atoms with van der Waals surface area (Å²) in [6.45, 7) is 4.24. The van der Waals surface area contributed by atoms with E-state index in [0.29, 0.717) is 52.3 Å². The molecule has 0 aliphatic rings. The molecule has 1 amide bonds. The lowest BCUT2D eigenvalue weighted by molar-refractivity contribution is -0.111. The lowest BCUT2D eigenvalue weighted by Crippen LogP contribution is -2.10. The van der Waals surface area contributed by atoms with Crippen molar-refractivity contribution in [2.45, 2.75) is 20.3 Å². The summed E-state index contributed by atoms with van der Waals surface area (Å²) in [5.74, 6) is 0.392. The molecule has 0 fully saturated rings. The third-order valence-electron chi connectivity index (χ3n) is 5.54. The highest BCUT2D eigenvalue weighted by molar-refractivity contribution is 6.19. The number of rotatable bonds is 8. The molecule has 0 saturated carbocycles. The van der Waals surface area contributed by atoms with Gasteiger partial charge in [0.05, 0.1) is 46.5 Å². The molecule has 2 heterocycles. The van der Waals surface area contributed by atoms with Crippen LogP contribution < -0.4 is 15.4 Å². The van der Waals surface area contributed by atoms with E-state index in [4.69, 9.17) is 21.3 Å². The summed E-state index contributed by atoms with van der Waals surface area (Å²) in [6, 6.07) is 11.8. The number of carbonyl (C=O) groups is 1. The number of alkyl halides is 1. The maximum atomic E-state index is 12.4. The minimum absolute atomic E-state index is 0.230. The number of nitrogens with zero attached hydrogens (tertiary/aromatic N) is 4. The first-order chi connectivity index (χ1) is 17.0. The van der Waals surface area contributed by atoms with Crippen LogP contribution >= 0.6 is 11.6 Å². The molecule has 0 aliphatic heterocycles. The van der Waals surface area contributed by atoms with Crippen molar-refractivity contribution < 1.29 is 9.53 Å². The molecule has 8 nitrogen and oxygen atoms in total. The van der Waals surface area contributed by atoms with E-state index in [1.807, 2.05) is 39.1 Å². The number of carbonyl (C=O) groups excluding carboxylic acids is 1. The predicted octanol–water partition coefficient (Wildman–Crippen LogP) is 5.43. The fourth-order valence-electron chi connectivity index (χ4n) is 3.91. The number of pyridine rings is 1. The number of amides is 1. The third-order valence-corrected chi connectivity index (χ3v) is 5.72. The molecule has 0 saturated heterocycles. The van der Waals surface area contributed by atoms with Crippen LogP contribution in [0.4, 0.5) is 17.1 Å². The van der Waals surface area contributed by atoms with E-state index in [0.717, 1.165) is 16.6 Å². The second-order valence-corrected chi connectivity index (χ2v) is 8.09. The van der Waals surface area contributed by atoms with Crippen molar-refractivity contribution >= 4 is 56.4 Å². The van der Waals surface area contributed by atoms with Gasteiger partial charge in [-0.2, -0.15) is 10.4 Å². The number of aryl methyl sites for hydroxylation is 2. The Labute approximate surface area is 208 Å². The standard InChI is InChI=1S/C26H25ClN6O2/c1-4-20-19(14-28)26(30-17-9-8-16-15-29-33(3)23(16)11-17)18-12-22(32-25(34)7-6-10-27)24(35-5-2)13-21(18)31-20/h6-9,11-13,15H,4-5,10H2,1-3H3,(H,30,31)(H,32,34)/b7-6+. The Bertz CT molecular complexity index is 1490. The number of allylic oxidation sites excluding steroid dienone is 1. The van der Waals surface area contributed by atoms with Crippen LogP contribution in [0.3, 0.4) is 0 Å².